The molecule has 5 nitrogen and oxygen atoms in total. The Labute approximate surface area is 102 Å². The van der Waals surface area contributed by atoms with Crippen molar-refractivity contribution in [3.63, 3.8) is 0 Å². The monoisotopic (exact) mass is 260 g/mol. The molecule has 0 spiro atoms. The molecule has 0 aliphatic carbocycles. The fourth-order valence-corrected chi connectivity index (χ4v) is 4.82. The van der Waals surface area contributed by atoms with Crippen molar-refractivity contribution < 1.29 is 13.2 Å². The van der Waals surface area contributed by atoms with Crippen molar-refractivity contribution in [3.05, 3.63) is 0 Å². The van der Waals surface area contributed by atoms with E-state index in [0.29, 0.717) is 0 Å². The summed E-state index contributed by atoms with van der Waals surface area (Å²) in [4.78, 5) is 0. The summed E-state index contributed by atoms with van der Waals surface area (Å²) in [6.45, 7) is 0.942. The molecular formula is C11H20N2O3S. The van der Waals surface area contributed by atoms with Crippen molar-refractivity contribution in [2.45, 2.75) is 56.4 Å². The third kappa shape index (κ3) is 2.65. The lowest BCUT2D eigenvalue weighted by Gasteiger charge is -2.21. The third-order valence-corrected chi connectivity index (χ3v) is 5.52. The molecule has 0 amide bonds. The molecule has 4 atom stereocenters. The Balaban J connectivity index is 1.56. The maximum absolute atomic E-state index is 12.0. The van der Waals surface area contributed by atoms with E-state index in [0.717, 1.165) is 38.6 Å². The van der Waals surface area contributed by atoms with Crippen LogP contribution in [0.3, 0.4) is 0 Å². The molecule has 2 N–H and O–H groups in total. The number of sulfonamides is 1. The van der Waals surface area contributed by atoms with Crippen LogP contribution in [0.4, 0.5) is 0 Å². The average molecular weight is 260 g/mol. The van der Waals surface area contributed by atoms with Gasteiger partial charge in [-0.1, -0.05) is 0 Å². The normalized spacial score (nSPS) is 41.2. The van der Waals surface area contributed by atoms with Crippen molar-refractivity contribution in [2.24, 2.45) is 0 Å². The van der Waals surface area contributed by atoms with Crippen LogP contribution in [0.1, 0.15) is 32.1 Å². The van der Waals surface area contributed by atoms with Crippen LogP contribution in [-0.4, -0.2) is 45.0 Å². The van der Waals surface area contributed by atoms with Crippen LogP contribution in [-0.2, 0) is 14.8 Å². The van der Waals surface area contributed by atoms with Crippen LogP contribution in [0.15, 0.2) is 0 Å². The molecule has 0 aromatic carbocycles. The van der Waals surface area contributed by atoms with Crippen LogP contribution >= 0.6 is 0 Å². The number of nitrogens with one attached hydrogen (secondary N) is 2. The molecule has 3 fully saturated rings. The van der Waals surface area contributed by atoms with E-state index >= 15 is 0 Å². The molecule has 2 bridgehead atoms. The molecule has 3 aliphatic heterocycles. The topological polar surface area (TPSA) is 67.4 Å². The van der Waals surface area contributed by atoms with Crippen LogP contribution in [0.2, 0.25) is 0 Å². The van der Waals surface area contributed by atoms with Crippen LogP contribution in [0.25, 0.3) is 0 Å². The van der Waals surface area contributed by atoms with Gasteiger partial charge in [0.05, 0.1) is 24.0 Å². The van der Waals surface area contributed by atoms with Gasteiger partial charge >= 0.3 is 0 Å². The molecule has 3 rings (SSSR count). The molecule has 17 heavy (non-hydrogen) atoms. The molecule has 98 valence electrons. The Morgan fingerprint density at radius 2 is 2.18 bits per heavy atom. The zero-order valence-corrected chi connectivity index (χ0v) is 10.7. The van der Waals surface area contributed by atoms with Gasteiger partial charge in [0.2, 0.25) is 10.0 Å². The van der Waals surface area contributed by atoms with Gasteiger partial charge in [-0.15, -0.1) is 0 Å². The summed E-state index contributed by atoms with van der Waals surface area (Å²) in [5.41, 5.74) is 0. The van der Waals surface area contributed by atoms with Gasteiger partial charge in [-0.05, 0) is 38.6 Å². The Morgan fingerprint density at radius 1 is 1.29 bits per heavy atom. The number of hydrogen-bond acceptors (Lipinski definition) is 4. The van der Waals surface area contributed by atoms with Gasteiger partial charge in [0.15, 0.2) is 0 Å². The van der Waals surface area contributed by atoms with E-state index in [1.807, 2.05) is 0 Å². The number of hydrogen-bond donors (Lipinski definition) is 2. The van der Waals surface area contributed by atoms with Crippen molar-refractivity contribution in [1.29, 1.82) is 0 Å². The summed E-state index contributed by atoms with van der Waals surface area (Å²) >= 11 is 0. The number of fused-ring (bicyclic) bond motifs is 2. The highest BCUT2D eigenvalue weighted by molar-refractivity contribution is 7.89. The van der Waals surface area contributed by atoms with Gasteiger partial charge in [0.1, 0.15) is 0 Å². The summed E-state index contributed by atoms with van der Waals surface area (Å²) in [5, 5.41) is 3.22. The predicted octanol–water partition coefficient (Wildman–Crippen LogP) is -0.0223. The smallest absolute Gasteiger partial charge is 0.213 e. The lowest BCUT2D eigenvalue weighted by molar-refractivity contribution is 0.0996. The minimum atomic E-state index is -3.16. The first-order valence-corrected chi connectivity index (χ1v) is 8.16. The molecule has 3 heterocycles. The second-order valence-electron chi connectivity index (χ2n) is 5.41. The third-order valence-electron chi connectivity index (χ3n) is 4.02. The van der Waals surface area contributed by atoms with E-state index in [9.17, 15) is 8.42 Å². The molecular weight excluding hydrogens is 240 g/mol. The Bertz CT molecular complexity index is 378. The fraction of sp³-hybridized carbons (Fsp3) is 1.00. The SMILES string of the molecule is O=S(=O)(CC1CCCN1)NC1CC2CCC1O2. The second kappa shape index (κ2) is 4.50. The standard InChI is InChI=1S/C11H20N2O3S/c14-17(15,7-8-2-1-5-12-8)13-10-6-9-3-4-11(10)16-9/h8-13H,1-7H2. The van der Waals surface area contributed by atoms with Gasteiger partial charge in [-0.25, -0.2) is 13.1 Å². The highest BCUT2D eigenvalue weighted by Crippen LogP contribution is 2.34. The van der Waals surface area contributed by atoms with E-state index in [-0.39, 0.29) is 30.0 Å². The van der Waals surface area contributed by atoms with Crippen LogP contribution in [0, 0.1) is 0 Å². The van der Waals surface area contributed by atoms with Crippen molar-refractivity contribution in [2.75, 3.05) is 12.3 Å². The van der Waals surface area contributed by atoms with E-state index in [2.05, 4.69) is 10.0 Å². The van der Waals surface area contributed by atoms with Gasteiger partial charge in [-0.3, -0.25) is 0 Å². The lowest BCUT2D eigenvalue weighted by atomic mass is 9.96. The fourth-order valence-electron chi connectivity index (χ4n) is 3.20. The highest BCUT2D eigenvalue weighted by Gasteiger charge is 2.42. The molecule has 3 aliphatic rings. The van der Waals surface area contributed by atoms with Crippen LogP contribution < -0.4 is 10.0 Å². The summed E-state index contributed by atoms with van der Waals surface area (Å²) in [6.07, 6.45) is 5.39. The quantitative estimate of drug-likeness (QED) is 0.745. The molecule has 0 aromatic rings. The largest absolute Gasteiger partial charge is 0.373 e. The summed E-state index contributed by atoms with van der Waals surface area (Å²) in [5.74, 6) is 0.209. The zero-order valence-electron chi connectivity index (χ0n) is 9.89. The minimum absolute atomic E-state index is 0.0140. The molecule has 0 radical (unpaired) electrons. The summed E-state index contributed by atoms with van der Waals surface area (Å²) < 4.78 is 32.5. The molecule has 0 saturated carbocycles. The maximum Gasteiger partial charge on any atom is 0.213 e. The van der Waals surface area contributed by atoms with Crippen molar-refractivity contribution in [3.8, 4) is 0 Å². The molecule has 6 heteroatoms. The van der Waals surface area contributed by atoms with E-state index in [4.69, 9.17) is 4.74 Å². The van der Waals surface area contributed by atoms with Crippen molar-refractivity contribution in [1.82, 2.24) is 10.0 Å². The maximum atomic E-state index is 12.0. The Kier molecular flexibility index (Phi) is 3.15. The first-order valence-electron chi connectivity index (χ1n) is 6.51. The van der Waals surface area contributed by atoms with Gasteiger partial charge in [-0.2, -0.15) is 0 Å². The average Bonchev–Trinajstić information content (AvgIpc) is 2.91. The first kappa shape index (κ1) is 11.9. The zero-order chi connectivity index (χ0) is 11.9. The lowest BCUT2D eigenvalue weighted by Crippen LogP contribution is -2.45. The highest BCUT2D eigenvalue weighted by atomic mass is 32.2. The van der Waals surface area contributed by atoms with Gasteiger partial charge in [0, 0.05) is 6.04 Å². The van der Waals surface area contributed by atoms with Gasteiger partial charge < -0.3 is 10.1 Å². The van der Waals surface area contributed by atoms with Crippen LogP contribution in [0.5, 0.6) is 0 Å². The van der Waals surface area contributed by atoms with Gasteiger partial charge in [0.25, 0.3) is 0 Å². The minimum Gasteiger partial charge on any atom is -0.373 e. The van der Waals surface area contributed by atoms with E-state index < -0.39 is 10.0 Å². The Hall–Kier alpha value is -0.170. The van der Waals surface area contributed by atoms with Crippen molar-refractivity contribution >= 4 is 10.0 Å². The predicted molar refractivity (Wildman–Crippen MR) is 64.2 cm³/mol. The summed E-state index contributed by atoms with van der Waals surface area (Å²) in [6, 6.07) is 0.146. The second-order valence-corrected chi connectivity index (χ2v) is 7.21. The van der Waals surface area contributed by atoms with E-state index in [1.165, 1.54) is 0 Å². The first-order chi connectivity index (χ1) is 8.12. The molecule has 3 saturated heterocycles. The number of rotatable bonds is 4. The Morgan fingerprint density at radius 3 is 2.76 bits per heavy atom. The summed E-state index contributed by atoms with van der Waals surface area (Å²) in [7, 11) is -3.16. The number of ether oxygens (including phenoxy) is 1. The molecule has 0 aromatic heterocycles. The molecule has 4 unspecified atom stereocenters. The van der Waals surface area contributed by atoms with E-state index in [1.54, 1.807) is 0 Å².